The minimum atomic E-state index is -3.32. The highest BCUT2D eigenvalue weighted by atomic mass is 32.2. The van der Waals surface area contributed by atoms with Crippen molar-refractivity contribution in [3.8, 4) is 28.4 Å². The molecule has 9 heteroatoms. The largest absolute Gasteiger partial charge is 0.497 e. The van der Waals surface area contributed by atoms with E-state index in [1.807, 2.05) is 48.1 Å². The lowest BCUT2D eigenvalue weighted by Gasteiger charge is -2.09. The van der Waals surface area contributed by atoms with Crippen molar-refractivity contribution in [3.63, 3.8) is 0 Å². The van der Waals surface area contributed by atoms with Crippen molar-refractivity contribution in [1.82, 2.24) is 24.1 Å². The Morgan fingerprint density at radius 2 is 2.08 bits per heavy atom. The smallest absolute Gasteiger partial charge is 0.213 e. The summed E-state index contributed by atoms with van der Waals surface area (Å²) in [7, 11) is 1.53. The number of sulfonamides is 1. The summed E-state index contributed by atoms with van der Waals surface area (Å²) in [4.78, 5) is 4.52. The molecule has 0 saturated heterocycles. The first-order valence-corrected chi connectivity index (χ1v) is 9.69. The summed E-state index contributed by atoms with van der Waals surface area (Å²) in [5, 5.41) is 4.47. The van der Waals surface area contributed by atoms with Gasteiger partial charge in [0.1, 0.15) is 11.4 Å². The summed E-state index contributed by atoms with van der Waals surface area (Å²) in [5.41, 5.74) is 3.10. The molecule has 0 saturated carbocycles. The number of aromatic nitrogens is 4. The fourth-order valence-corrected chi connectivity index (χ4v) is 3.31. The van der Waals surface area contributed by atoms with Crippen LogP contribution in [0.5, 0.6) is 5.75 Å². The molecule has 8 nitrogen and oxygen atoms in total. The molecule has 0 aliphatic carbocycles. The second-order valence-corrected chi connectivity index (χ2v) is 7.81. The molecule has 0 fully saturated rings. The SMILES string of the molecule is CNS(=O)(=O)CCn1cnc(-c2cccc(OC)c2)c1-c1ccn(C)n1. The van der Waals surface area contributed by atoms with E-state index in [4.69, 9.17) is 4.74 Å². The Labute approximate surface area is 152 Å². The zero-order valence-corrected chi connectivity index (χ0v) is 15.7. The molecule has 0 bridgehead atoms. The second kappa shape index (κ2) is 7.30. The second-order valence-electron chi connectivity index (χ2n) is 5.76. The van der Waals surface area contributed by atoms with Gasteiger partial charge in [0.2, 0.25) is 10.0 Å². The van der Waals surface area contributed by atoms with Crippen molar-refractivity contribution in [3.05, 3.63) is 42.9 Å². The molecule has 0 amide bonds. The lowest BCUT2D eigenvalue weighted by Crippen LogP contribution is -2.24. The molecule has 2 aromatic heterocycles. The molecule has 26 heavy (non-hydrogen) atoms. The lowest BCUT2D eigenvalue weighted by atomic mass is 10.1. The van der Waals surface area contributed by atoms with E-state index in [1.165, 1.54) is 7.05 Å². The third-order valence-electron chi connectivity index (χ3n) is 4.05. The lowest BCUT2D eigenvalue weighted by molar-refractivity contribution is 0.415. The van der Waals surface area contributed by atoms with Crippen LogP contribution in [0.1, 0.15) is 0 Å². The Balaban J connectivity index is 2.07. The van der Waals surface area contributed by atoms with Crippen molar-refractivity contribution in [2.45, 2.75) is 6.54 Å². The monoisotopic (exact) mass is 375 g/mol. The first-order valence-electron chi connectivity index (χ1n) is 8.04. The van der Waals surface area contributed by atoms with Crippen LogP contribution in [-0.2, 0) is 23.6 Å². The molecule has 0 radical (unpaired) electrons. The molecule has 138 valence electrons. The van der Waals surface area contributed by atoms with Crippen molar-refractivity contribution >= 4 is 10.0 Å². The Hall–Kier alpha value is -2.65. The molecular weight excluding hydrogens is 354 g/mol. The summed E-state index contributed by atoms with van der Waals surface area (Å²) < 4.78 is 34.7. The van der Waals surface area contributed by atoms with Crippen LogP contribution in [0.4, 0.5) is 0 Å². The van der Waals surface area contributed by atoms with Crippen LogP contribution in [0.2, 0.25) is 0 Å². The Kier molecular flexibility index (Phi) is 5.10. The number of nitrogens with zero attached hydrogens (tertiary/aromatic N) is 4. The number of rotatable bonds is 7. The van der Waals surface area contributed by atoms with E-state index in [0.717, 1.165) is 28.4 Å². The van der Waals surface area contributed by atoms with E-state index in [-0.39, 0.29) is 12.3 Å². The third-order valence-corrected chi connectivity index (χ3v) is 5.39. The fraction of sp³-hybridized carbons (Fsp3) is 0.294. The summed E-state index contributed by atoms with van der Waals surface area (Å²) in [5.74, 6) is 0.679. The predicted molar refractivity (Wildman–Crippen MR) is 99.3 cm³/mol. The molecule has 2 heterocycles. The number of imidazole rings is 1. The van der Waals surface area contributed by atoms with Crippen molar-refractivity contribution in [2.75, 3.05) is 19.9 Å². The van der Waals surface area contributed by atoms with Crippen LogP contribution in [0.25, 0.3) is 22.6 Å². The fourth-order valence-electron chi connectivity index (χ4n) is 2.66. The number of nitrogens with one attached hydrogen (secondary N) is 1. The summed E-state index contributed by atoms with van der Waals surface area (Å²) in [6.45, 7) is 0.270. The van der Waals surface area contributed by atoms with Crippen molar-refractivity contribution < 1.29 is 13.2 Å². The molecule has 3 aromatic rings. The maximum atomic E-state index is 11.8. The molecule has 0 atom stereocenters. The van der Waals surface area contributed by atoms with Gasteiger partial charge in [-0.25, -0.2) is 18.1 Å². The van der Waals surface area contributed by atoms with Crippen molar-refractivity contribution in [2.24, 2.45) is 7.05 Å². The van der Waals surface area contributed by atoms with Crippen LogP contribution < -0.4 is 9.46 Å². The van der Waals surface area contributed by atoms with Crippen LogP contribution in [-0.4, -0.2) is 47.7 Å². The van der Waals surface area contributed by atoms with Gasteiger partial charge in [-0.05, 0) is 25.2 Å². The average Bonchev–Trinajstić information content (AvgIpc) is 3.26. The first kappa shape index (κ1) is 18.2. The maximum Gasteiger partial charge on any atom is 0.213 e. The van der Waals surface area contributed by atoms with Gasteiger partial charge in [0.05, 0.1) is 30.6 Å². The molecular formula is C17H21N5O3S. The van der Waals surface area contributed by atoms with Gasteiger partial charge in [0.25, 0.3) is 0 Å². The molecule has 3 rings (SSSR count). The summed E-state index contributed by atoms with van der Waals surface area (Å²) in [6, 6.07) is 9.46. The molecule has 1 aromatic carbocycles. The molecule has 0 spiro atoms. The normalized spacial score (nSPS) is 11.7. The number of aryl methyl sites for hydroxylation is 2. The molecule has 0 aliphatic rings. The van der Waals surface area contributed by atoms with E-state index in [9.17, 15) is 8.42 Å². The predicted octanol–water partition coefficient (Wildman–Crippen LogP) is 1.51. The third kappa shape index (κ3) is 3.78. The topological polar surface area (TPSA) is 91.0 Å². The summed E-state index contributed by atoms with van der Waals surface area (Å²) in [6.07, 6.45) is 3.48. The standard InChI is InChI=1S/C17H21N5O3S/c1-18-26(23,24)10-9-22-12-19-16(13-5-4-6-14(11-13)25-3)17(22)15-7-8-21(2)20-15/h4-8,11-12,18H,9-10H2,1-3H3. The molecule has 0 unspecified atom stereocenters. The highest BCUT2D eigenvalue weighted by Gasteiger charge is 2.19. The number of methoxy groups -OCH3 is 1. The highest BCUT2D eigenvalue weighted by molar-refractivity contribution is 7.89. The Morgan fingerprint density at radius 1 is 1.27 bits per heavy atom. The van der Waals surface area contributed by atoms with Crippen LogP contribution >= 0.6 is 0 Å². The van der Waals surface area contributed by atoms with Gasteiger partial charge in [-0.3, -0.25) is 4.68 Å². The number of ether oxygens (including phenoxy) is 1. The van der Waals surface area contributed by atoms with Gasteiger partial charge in [0, 0.05) is 25.4 Å². The maximum absolute atomic E-state index is 11.8. The summed E-state index contributed by atoms with van der Waals surface area (Å²) >= 11 is 0. The Bertz CT molecular complexity index is 1010. The van der Waals surface area contributed by atoms with Crippen molar-refractivity contribution in [1.29, 1.82) is 0 Å². The van der Waals surface area contributed by atoms with Gasteiger partial charge >= 0.3 is 0 Å². The number of benzene rings is 1. The van der Waals surface area contributed by atoms with E-state index in [2.05, 4.69) is 14.8 Å². The first-order chi connectivity index (χ1) is 12.4. The van der Waals surface area contributed by atoms with Gasteiger partial charge in [-0.1, -0.05) is 12.1 Å². The average molecular weight is 375 g/mol. The van der Waals surface area contributed by atoms with Gasteiger partial charge in [-0.2, -0.15) is 5.10 Å². The number of hydrogen-bond acceptors (Lipinski definition) is 5. The highest BCUT2D eigenvalue weighted by Crippen LogP contribution is 2.32. The Morgan fingerprint density at radius 3 is 2.73 bits per heavy atom. The molecule has 0 aliphatic heterocycles. The number of hydrogen-bond donors (Lipinski definition) is 1. The molecule has 1 N–H and O–H groups in total. The van der Waals surface area contributed by atoms with Crippen LogP contribution in [0.3, 0.4) is 0 Å². The zero-order chi connectivity index (χ0) is 18.7. The van der Waals surface area contributed by atoms with Crippen LogP contribution in [0, 0.1) is 0 Å². The minimum absolute atomic E-state index is 0.0444. The van der Waals surface area contributed by atoms with Crippen LogP contribution in [0.15, 0.2) is 42.9 Å². The van der Waals surface area contributed by atoms with E-state index in [1.54, 1.807) is 18.1 Å². The minimum Gasteiger partial charge on any atom is -0.497 e. The van der Waals surface area contributed by atoms with Gasteiger partial charge < -0.3 is 9.30 Å². The van der Waals surface area contributed by atoms with Gasteiger partial charge in [-0.15, -0.1) is 0 Å². The van der Waals surface area contributed by atoms with E-state index in [0.29, 0.717) is 0 Å². The van der Waals surface area contributed by atoms with Gasteiger partial charge in [0.15, 0.2) is 0 Å². The quantitative estimate of drug-likeness (QED) is 0.676. The van der Waals surface area contributed by atoms with E-state index >= 15 is 0 Å². The van der Waals surface area contributed by atoms with E-state index < -0.39 is 10.0 Å². The zero-order valence-electron chi connectivity index (χ0n) is 14.9.